The van der Waals surface area contributed by atoms with Crippen molar-refractivity contribution in [2.75, 3.05) is 18.8 Å². The number of rotatable bonds is 2. The van der Waals surface area contributed by atoms with E-state index in [1.54, 1.807) is 6.20 Å². The van der Waals surface area contributed by atoms with Gasteiger partial charge in [0.25, 0.3) is 0 Å². The minimum atomic E-state index is 0.818. The van der Waals surface area contributed by atoms with Crippen molar-refractivity contribution in [2.24, 2.45) is 7.05 Å². The second-order valence-corrected chi connectivity index (χ2v) is 4.01. The van der Waals surface area contributed by atoms with Gasteiger partial charge in [-0.05, 0) is 25.9 Å². The molecule has 14 heavy (non-hydrogen) atoms. The summed E-state index contributed by atoms with van der Waals surface area (Å²) in [5, 5.41) is 4.15. The van der Waals surface area contributed by atoms with Gasteiger partial charge in [-0.2, -0.15) is 5.10 Å². The SMILES string of the molecule is Cn1ncc(N)c1CN1CCCCC1. The summed E-state index contributed by atoms with van der Waals surface area (Å²) in [5.74, 6) is 0. The molecule has 2 heterocycles. The van der Waals surface area contributed by atoms with Crippen LogP contribution >= 0.6 is 0 Å². The lowest BCUT2D eigenvalue weighted by molar-refractivity contribution is 0.216. The topological polar surface area (TPSA) is 47.1 Å². The molecule has 0 radical (unpaired) electrons. The zero-order valence-electron chi connectivity index (χ0n) is 8.74. The van der Waals surface area contributed by atoms with Crippen LogP contribution in [-0.4, -0.2) is 27.8 Å². The zero-order valence-corrected chi connectivity index (χ0v) is 8.74. The van der Waals surface area contributed by atoms with Gasteiger partial charge in [-0.3, -0.25) is 9.58 Å². The van der Waals surface area contributed by atoms with Crippen LogP contribution in [-0.2, 0) is 13.6 Å². The normalized spacial score (nSPS) is 18.6. The molecule has 0 aromatic carbocycles. The average Bonchev–Trinajstić information content (AvgIpc) is 2.51. The van der Waals surface area contributed by atoms with Crippen LogP contribution < -0.4 is 5.73 Å². The fraction of sp³-hybridized carbons (Fsp3) is 0.700. The lowest BCUT2D eigenvalue weighted by Crippen LogP contribution is -2.30. The van der Waals surface area contributed by atoms with Crippen molar-refractivity contribution >= 4 is 5.69 Å². The van der Waals surface area contributed by atoms with Crippen LogP contribution in [0.25, 0.3) is 0 Å². The van der Waals surface area contributed by atoms with E-state index < -0.39 is 0 Å². The molecule has 1 saturated heterocycles. The highest BCUT2D eigenvalue weighted by Gasteiger charge is 2.13. The maximum atomic E-state index is 5.85. The molecule has 2 N–H and O–H groups in total. The van der Waals surface area contributed by atoms with Gasteiger partial charge in [0, 0.05) is 13.6 Å². The van der Waals surface area contributed by atoms with Crippen molar-refractivity contribution in [3.05, 3.63) is 11.9 Å². The minimum Gasteiger partial charge on any atom is -0.396 e. The van der Waals surface area contributed by atoms with Crippen molar-refractivity contribution in [2.45, 2.75) is 25.8 Å². The van der Waals surface area contributed by atoms with Crippen LogP contribution in [0, 0.1) is 0 Å². The second kappa shape index (κ2) is 4.00. The van der Waals surface area contributed by atoms with Gasteiger partial charge in [-0.1, -0.05) is 6.42 Å². The van der Waals surface area contributed by atoms with Gasteiger partial charge in [0.15, 0.2) is 0 Å². The van der Waals surface area contributed by atoms with E-state index in [9.17, 15) is 0 Å². The number of nitrogens with zero attached hydrogens (tertiary/aromatic N) is 3. The van der Waals surface area contributed by atoms with E-state index in [4.69, 9.17) is 5.73 Å². The van der Waals surface area contributed by atoms with Crippen molar-refractivity contribution in [1.29, 1.82) is 0 Å². The lowest BCUT2D eigenvalue weighted by atomic mass is 10.1. The van der Waals surface area contributed by atoms with E-state index in [0.717, 1.165) is 17.9 Å². The second-order valence-electron chi connectivity index (χ2n) is 4.01. The summed E-state index contributed by atoms with van der Waals surface area (Å²) in [4.78, 5) is 2.46. The number of nitrogens with two attached hydrogens (primary N) is 1. The molecule has 0 amide bonds. The highest BCUT2D eigenvalue weighted by Crippen LogP contribution is 2.16. The third kappa shape index (κ3) is 1.90. The van der Waals surface area contributed by atoms with E-state index in [2.05, 4.69) is 10.00 Å². The summed E-state index contributed by atoms with van der Waals surface area (Å²) in [5.41, 5.74) is 7.81. The zero-order chi connectivity index (χ0) is 9.97. The largest absolute Gasteiger partial charge is 0.396 e. The molecule has 1 aromatic rings. The van der Waals surface area contributed by atoms with Crippen LogP contribution in [0.2, 0.25) is 0 Å². The first kappa shape index (κ1) is 9.52. The summed E-state index contributed by atoms with van der Waals surface area (Å²) < 4.78 is 1.88. The molecule has 1 fully saturated rings. The Bertz CT molecular complexity index is 280. The molecule has 78 valence electrons. The van der Waals surface area contributed by atoms with Crippen LogP contribution in [0.4, 0.5) is 5.69 Å². The van der Waals surface area contributed by atoms with Crippen LogP contribution in [0.5, 0.6) is 0 Å². The highest BCUT2D eigenvalue weighted by molar-refractivity contribution is 5.40. The molecule has 4 heteroatoms. The average molecular weight is 194 g/mol. The molecule has 1 aliphatic rings. The lowest BCUT2D eigenvalue weighted by Gasteiger charge is -2.26. The van der Waals surface area contributed by atoms with Gasteiger partial charge >= 0.3 is 0 Å². The van der Waals surface area contributed by atoms with Crippen molar-refractivity contribution < 1.29 is 0 Å². The standard InChI is InChI=1S/C10H18N4/c1-13-10(9(11)7-12-13)8-14-5-3-2-4-6-14/h7H,2-6,8,11H2,1H3. The molecule has 4 nitrogen and oxygen atoms in total. The van der Waals surface area contributed by atoms with E-state index >= 15 is 0 Å². The fourth-order valence-corrected chi connectivity index (χ4v) is 2.00. The van der Waals surface area contributed by atoms with Crippen LogP contribution in [0.3, 0.4) is 0 Å². The van der Waals surface area contributed by atoms with Gasteiger partial charge in [0.1, 0.15) is 0 Å². The smallest absolute Gasteiger partial charge is 0.0750 e. The first-order chi connectivity index (χ1) is 6.77. The number of nitrogen functional groups attached to an aromatic ring is 1. The number of aryl methyl sites for hydroxylation is 1. The maximum absolute atomic E-state index is 5.85. The predicted molar refractivity (Wildman–Crippen MR) is 56.7 cm³/mol. The van der Waals surface area contributed by atoms with Gasteiger partial charge < -0.3 is 5.73 Å². The molecule has 0 bridgehead atoms. The van der Waals surface area contributed by atoms with Crippen molar-refractivity contribution in [3.8, 4) is 0 Å². The maximum Gasteiger partial charge on any atom is 0.0750 e. The summed E-state index contributed by atoms with van der Waals surface area (Å²) in [6, 6.07) is 0. The molecular weight excluding hydrogens is 176 g/mol. The summed E-state index contributed by atoms with van der Waals surface area (Å²) in [6.07, 6.45) is 5.74. The van der Waals surface area contributed by atoms with Gasteiger partial charge in [-0.15, -0.1) is 0 Å². The summed E-state index contributed by atoms with van der Waals surface area (Å²) in [6.45, 7) is 3.34. The molecular formula is C10H18N4. The van der Waals surface area contributed by atoms with Crippen molar-refractivity contribution in [3.63, 3.8) is 0 Å². The molecule has 1 aromatic heterocycles. The quantitative estimate of drug-likeness (QED) is 0.763. The molecule has 0 atom stereocenters. The monoisotopic (exact) mass is 194 g/mol. The minimum absolute atomic E-state index is 0.818. The molecule has 0 spiro atoms. The fourth-order valence-electron chi connectivity index (χ4n) is 2.00. The van der Waals surface area contributed by atoms with Crippen molar-refractivity contribution in [1.82, 2.24) is 14.7 Å². The Hall–Kier alpha value is -1.03. The molecule has 2 rings (SSSR count). The third-order valence-corrected chi connectivity index (χ3v) is 2.92. The Labute approximate surface area is 84.7 Å². The molecule has 0 aliphatic carbocycles. The number of piperidine rings is 1. The summed E-state index contributed by atoms with van der Waals surface area (Å²) >= 11 is 0. The molecule has 0 saturated carbocycles. The number of hydrogen-bond acceptors (Lipinski definition) is 3. The first-order valence-corrected chi connectivity index (χ1v) is 5.26. The van der Waals surface area contributed by atoms with Crippen LogP contribution in [0.15, 0.2) is 6.20 Å². The van der Waals surface area contributed by atoms with Gasteiger partial charge in [0.2, 0.25) is 0 Å². The number of hydrogen-bond donors (Lipinski definition) is 1. The first-order valence-electron chi connectivity index (χ1n) is 5.26. The van der Waals surface area contributed by atoms with E-state index in [1.165, 1.54) is 32.4 Å². The third-order valence-electron chi connectivity index (χ3n) is 2.92. The van der Waals surface area contributed by atoms with E-state index in [1.807, 2.05) is 11.7 Å². The van der Waals surface area contributed by atoms with E-state index in [0.29, 0.717) is 0 Å². The van der Waals surface area contributed by atoms with E-state index in [-0.39, 0.29) is 0 Å². The molecule has 1 aliphatic heterocycles. The Morgan fingerprint density at radius 3 is 2.64 bits per heavy atom. The number of likely N-dealkylation sites (tertiary alicyclic amines) is 1. The predicted octanol–water partition coefficient (Wildman–Crippen LogP) is 0.988. The highest BCUT2D eigenvalue weighted by atomic mass is 15.3. The van der Waals surface area contributed by atoms with Crippen LogP contribution in [0.1, 0.15) is 25.0 Å². The number of aromatic nitrogens is 2. The Kier molecular flexibility index (Phi) is 2.72. The Balaban J connectivity index is 2.02. The van der Waals surface area contributed by atoms with Gasteiger partial charge in [-0.25, -0.2) is 0 Å². The summed E-state index contributed by atoms with van der Waals surface area (Å²) in [7, 11) is 1.95. The Morgan fingerprint density at radius 1 is 1.36 bits per heavy atom. The van der Waals surface area contributed by atoms with Gasteiger partial charge in [0.05, 0.1) is 17.6 Å². The molecule has 0 unspecified atom stereocenters. The Morgan fingerprint density at radius 2 is 2.07 bits per heavy atom. The number of anilines is 1.